The standard InChI is InChI=1S/C32H35BrF4OSi/c1-22-12-11-17-26(30-28(34)18-23(33)19-29(30)35)27(22)20-32(36,37)21-38-39(31(2,3)4,24-13-7-5-8-14-24)25-15-9-6-10-16-25/h5-11,13-19,22,26-27H,12,20-21H2,1-4H3. The number of rotatable bonds is 8. The summed E-state index contributed by atoms with van der Waals surface area (Å²) < 4.78 is 68.6. The summed E-state index contributed by atoms with van der Waals surface area (Å²) in [5, 5.41) is 1.40. The molecule has 1 aliphatic rings. The molecule has 0 bridgehead atoms. The molecule has 0 N–H and O–H groups in total. The number of halogens is 5. The Labute approximate surface area is 238 Å². The lowest BCUT2D eigenvalue weighted by Crippen LogP contribution is -2.67. The van der Waals surface area contributed by atoms with E-state index in [1.165, 1.54) is 12.1 Å². The zero-order valence-corrected chi connectivity index (χ0v) is 25.3. The maximum absolute atomic E-state index is 16.0. The fraction of sp³-hybridized carbons (Fsp3) is 0.375. The van der Waals surface area contributed by atoms with Crippen LogP contribution in [0.15, 0.2) is 89.4 Å². The fourth-order valence-electron chi connectivity index (χ4n) is 6.00. The van der Waals surface area contributed by atoms with Gasteiger partial charge in [-0.1, -0.05) is 116 Å². The zero-order valence-electron chi connectivity index (χ0n) is 22.7. The average molecular weight is 620 g/mol. The minimum atomic E-state index is -3.21. The number of hydrogen-bond acceptors (Lipinski definition) is 1. The molecule has 0 aliphatic heterocycles. The molecular formula is C32H35BrF4OSi. The summed E-state index contributed by atoms with van der Waals surface area (Å²) in [5.74, 6) is -6.30. The van der Waals surface area contributed by atoms with Crippen molar-refractivity contribution in [3.8, 4) is 0 Å². The van der Waals surface area contributed by atoms with Crippen molar-refractivity contribution in [2.24, 2.45) is 11.8 Å². The van der Waals surface area contributed by atoms with Crippen LogP contribution in [-0.4, -0.2) is 20.8 Å². The highest BCUT2D eigenvalue weighted by Gasteiger charge is 2.52. The first kappa shape index (κ1) is 29.8. The lowest BCUT2D eigenvalue weighted by atomic mass is 9.71. The Hall–Kier alpha value is -2.22. The molecular weight excluding hydrogens is 584 g/mol. The van der Waals surface area contributed by atoms with Crippen molar-refractivity contribution in [3.05, 3.63) is 107 Å². The molecule has 0 heterocycles. The smallest absolute Gasteiger partial charge is 0.270 e. The molecule has 0 amide bonds. The molecule has 3 unspecified atom stereocenters. The first-order valence-electron chi connectivity index (χ1n) is 13.3. The predicted octanol–water partition coefficient (Wildman–Crippen LogP) is 8.63. The zero-order chi connectivity index (χ0) is 28.4. The summed E-state index contributed by atoms with van der Waals surface area (Å²) >= 11 is 3.11. The van der Waals surface area contributed by atoms with Crippen molar-refractivity contribution in [2.75, 3.05) is 6.61 Å². The van der Waals surface area contributed by atoms with Gasteiger partial charge in [0, 0.05) is 22.4 Å². The van der Waals surface area contributed by atoms with E-state index >= 15 is 8.78 Å². The minimum absolute atomic E-state index is 0.158. The van der Waals surface area contributed by atoms with Crippen molar-refractivity contribution in [1.82, 2.24) is 0 Å². The van der Waals surface area contributed by atoms with Gasteiger partial charge in [0.05, 0.1) is 6.61 Å². The molecule has 3 aromatic carbocycles. The molecule has 0 aromatic heterocycles. The first-order chi connectivity index (χ1) is 18.4. The average Bonchev–Trinajstić information content (AvgIpc) is 2.86. The van der Waals surface area contributed by atoms with Crippen LogP contribution in [0.3, 0.4) is 0 Å². The van der Waals surface area contributed by atoms with Crippen molar-refractivity contribution < 1.29 is 22.0 Å². The van der Waals surface area contributed by atoms with Crippen LogP contribution < -0.4 is 10.4 Å². The van der Waals surface area contributed by atoms with Crippen LogP contribution in [0.2, 0.25) is 5.04 Å². The molecule has 1 aliphatic carbocycles. The van der Waals surface area contributed by atoms with Crippen LogP contribution in [0, 0.1) is 23.5 Å². The Morgan fingerprint density at radius 2 is 1.41 bits per heavy atom. The lowest BCUT2D eigenvalue weighted by Gasteiger charge is -2.44. The second-order valence-electron chi connectivity index (χ2n) is 11.6. The van der Waals surface area contributed by atoms with E-state index in [0.29, 0.717) is 6.42 Å². The van der Waals surface area contributed by atoms with Crippen molar-refractivity contribution in [2.45, 2.75) is 57.4 Å². The van der Waals surface area contributed by atoms with Gasteiger partial charge in [-0.3, -0.25) is 0 Å². The van der Waals surface area contributed by atoms with Gasteiger partial charge in [0.15, 0.2) is 0 Å². The summed E-state index contributed by atoms with van der Waals surface area (Å²) in [7, 11) is -3.17. The minimum Gasteiger partial charge on any atom is -0.401 e. The Morgan fingerprint density at radius 1 is 0.897 bits per heavy atom. The summed E-state index contributed by atoms with van der Waals surface area (Å²) in [6, 6.07) is 21.7. The third-order valence-electron chi connectivity index (χ3n) is 7.87. The predicted molar refractivity (Wildman–Crippen MR) is 156 cm³/mol. The topological polar surface area (TPSA) is 9.23 Å². The van der Waals surface area contributed by atoms with Crippen LogP contribution in [0.25, 0.3) is 0 Å². The van der Waals surface area contributed by atoms with E-state index in [1.807, 2.05) is 94.4 Å². The normalized spacial score (nSPS) is 20.3. The highest BCUT2D eigenvalue weighted by atomic mass is 79.9. The maximum Gasteiger partial charge on any atom is 0.270 e. The van der Waals surface area contributed by atoms with E-state index in [-0.39, 0.29) is 16.0 Å². The van der Waals surface area contributed by atoms with Gasteiger partial charge < -0.3 is 4.43 Å². The van der Waals surface area contributed by atoms with Crippen molar-refractivity contribution in [3.63, 3.8) is 0 Å². The third kappa shape index (κ3) is 6.26. The molecule has 208 valence electrons. The first-order valence-corrected chi connectivity index (χ1v) is 16.0. The molecule has 4 rings (SSSR count). The number of allylic oxidation sites excluding steroid dienone is 2. The van der Waals surface area contributed by atoms with Crippen LogP contribution >= 0.6 is 15.9 Å². The Bertz CT molecular complexity index is 1230. The Balaban J connectivity index is 1.68. The highest BCUT2D eigenvalue weighted by Crippen LogP contribution is 2.45. The fourth-order valence-corrected chi connectivity index (χ4v) is 11.0. The van der Waals surface area contributed by atoms with Gasteiger partial charge in [-0.05, 0) is 45.8 Å². The van der Waals surface area contributed by atoms with Gasteiger partial charge in [-0.25, -0.2) is 17.6 Å². The van der Waals surface area contributed by atoms with E-state index in [9.17, 15) is 8.78 Å². The molecule has 7 heteroatoms. The van der Waals surface area contributed by atoms with Gasteiger partial charge in [-0.15, -0.1) is 0 Å². The van der Waals surface area contributed by atoms with Gasteiger partial charge in [0.2, 0.25) is 0 Å². The number of benzene rings is 3. The molecule has 0 fully saturated rings. The molecule has 3 aromatic rings. The lowest BCUT2D eigenvalue weighted by molar-refractivity contribution is -0.0696. The van der Waals surface area contributed by atoms with E-state index in [2.05, 4.69) is 15.9 Å². The van der Waals surface area contributed by atoms with Crippen LogP contribution in [0.5, 0.6) is 0 Å². The maximum atomic E-state index is 16.0. The highest BCUT2D eigenvalue weighted by molar-refractivity contribution is 9.10. The SMILES string of the molecule is CC1CC=CC(c2c(F)cc(Br)cc2F)C1CC(F)(F)CO[Si](c1ccccc1)(c1ccccc1)C(C)(C)C. The molecule has 0 saturated carbocycles. The summed E-state index contributed by atoms with van der Waals surface area (Å²) in [6.07, 6.45) is 3.56. The van der Waals surface area contributed by atoms with Gasteiger partial charge in [0.25, 0.3) is 14.2 Å². The van der Waals surface area contributed by atoms with Gasteiger partial charge in [0.1, 0.15) is 11.6 Å². The van der Waals surface area contributed by atoms with Crippen molar-refractivity contribution in [1.29, 1.82) is 0 Å². The Kier molecular flexibility index (Phi) is 8.94. The van der Waals surface area contributed by atoms with E-state index in [0.717, 1.165) is 10.4 Å². The number of alkyl halides is 2. The van der Waals surface area contributed by atoms with E-state index < -0.39 is 55.8 Å². The van der Waals surface area contributed by atoms with E-state index in [1.54, 1.807) is 6.08 Å². The van der Waals surface area contributed by atoms with Crippen LogP contribution in [-0.2, 0) is 4.43 Å². The van der Waals surface area contributed by atoms with Gasteiger partial charge in [-0.2, -0.15) is 0 Å². The second kappa shape index (κ2) is 11.7. The van der Waals surface area contributed by atoms with Gasteiger partial charge >= 0.3 is 0 Å². The quantitative estimate of drug-likeness (QED) is 0.139. The summed E-state index contributed by atoms with van der Waals surface area (Å²) in [4.78, 5) is 0. The molecule has 0 spiro atoms. The van der Waals surface area contributed by atoms with Crippen molar-refractivity contribution >= 4 is 34.6 Å². The molecule has 3 atom stereocenters. The monoisotopic (exact) mass is 618 g/mol. The largest absolute Gasteiger partial charge is 0.401 e. The third-order valence-corrected chi connectivity index (χ3v) is 13.3. The molecule has 0 radical (unpaired) electrons. The van der Waals surface area contributed by atoms with E-state index in [4.69, 9.17) is 4.43 Å². The molecule has 0 saturated heterocycles. The summed E-state index contributed by atoms with van der Waals surface area (Å²) in [5.41, 5.74) is -0.158. The number of hydrogen-bond donors (Lipinski definition) is 0. The van der Waals surface area contributed by atoms with Crippen LogP contribution in [0.1, 0.15) is 52.0 Å². The molecule has 1 nitrogen and oxygen atoms in total. The summed E-state index contributed by atoms with van der Waals surface area (Å²) in [6.45, 7) is 7.22. The van der Waals surface area contributed by atoms with Crippen LogP contribution in [0.4, 0.5) is 17.6 Å². The molecule has 39 heavy (non-hydrogen) atoms. The second-order valence-corrected chi connectivity index (χ2v) is 16.8. The Morgan fingerprint density at radius 3 is 1.90 bits per heavy atom.